The van der Waals surface area contributed by atoms with Crippen LogP contribution in [0.5, 0.6) is 0 Å². The molecule has 2 aromatic rings. The van der Waals surface area contributed by atoms with Crippen molar-refractivity contribution in [2.75, 3.05) is 23.8 Å². The van der Waals surface area contributed by atoms with Gasteiger partial charge in [-0.25, -0.2) is 4.98 Å². The van der Waals surface area contributed by atoms with E-state index in [1.165, 1.54) is 0 Å². The van der Waals surface area contributed by atoms with Gasteiger partial charge in [-0.15, -0.1) is 0 Å². The van der Waals surface area contributed by atoms with Crippen LogP contribution >= 0.6 is 23.2 Å². The van der Waals surface area contributed by atoms with Gasteiger partial charge < -0.3 is 10.2 Å². The van der Waals surface area contributed by atoms with Crippen LogP contribution in [-0.4, -0.2) is 18.6 Å². The Balaban J connectivity index is 2.44. The van der Waals surface area contributed by atoms with E-state index < -0.39 is 0 Å². The van der Waals surface area contributed by atoms with Crippen molar-refractivity contribution in [1.29, 1.82) is 5.26 Å². The number of anilines is 3. The molecule has 6 heteroatoms. The molecule has 0 unspecified atom stereocenters. The molecule has 0 fully saturated rings. The highest BCUT2D eigenvalue weighted by Gasteiger charge is 2.14. The highest BCUT2D eigenvalue weighted by molar-refractivity contribution is 6.37. The second-order valence-electron chi connectivity index (χ2n) is 4.38. The number of rotatable bonds is 4. The third-order valence-corrected chi connectivity index (χ3v) is 3.50. The first-order valence-corrected chi connectivity index (χ1v) is 7.16. The maximum Gasteiger partial charge on any atom is 0.154 e. The Hall–Kier alpha value is -1.96. The SMILES string of the molecule is CCNc1nc(N(C)c2cccc(C#N)c2)c(Cl)cc1Cl. The number of nitrogens with one attached hydrogen (secondary N) is 1. The van der Waals surface area contributed by atoms with Crippen molar-refractivity contribution in [2.45, 2.75) is 6.92 Å². The molecular weight excluding hydrogens is 307 g/mol. The summed E-state index contributed by atoms with van der Waals surface area (Å²) < 4.78 is 0. The Labute approximate surface area is 133 Å². The Morgan fingerprint density at radius 3 is 2.71 bits per heavy atom. The van der Waals surface area contributed by atoms with Gasteiger partial charge in [0, 0.05) is 19.3 Å². The number of aromatic nitrogens is 1. The van der Waals surface area contributed by atoms with Crippen LogP contribution in [0.2, 0.25) is 10.0 Å². The zero-order chi connectivity index (χ0) is 15.4. The molecular formula is C15H14Cl2N4. The molecule has 0 bridgehead atoms. The first kappa shape index (κ1) is 15.4. The van der Waals surface area contributed by atoms with Crippen molar-refractivity contribution in [3.63, 3.8) is 0 Å². The molecule has 2 rings (SSSR count). The quantitative estimate of drug-likeness (QED) is 0.903. The summed E-state index contributed by atoms with van der Waals surface area (Å²) in [6.45, 7) is 2.67. The van der Waals surface area contributed by atoms with Crippen LogP contribution in [0, 0.1) is 11.3 Å². The highest BCUT2D eigenvalue weighted by Crippen LogP contribution is 2.34. The molecule has 0 saturated carbocycles. The molecule has 1 aromatic carbocycles. The van der Waals surface area contributed by atoms with E-state index in [2.05, 4.69) is 16.4 Å². The van der Waals surface area contributed by atoms with Gasteiger partial charge in [-0.2, -0.15) is 5.26 Å². The number of hydrogen-bond donors (Lipinski definition) is 1. The molecule has 0 aliphatic heterocycles. The molecule has 1 N–H and O–H groups in total. The third-order valence-electron chi connectivity index (χ3n) is 2.94. The number of nitriles is 1. The average Bonchev–Trinajstić information content (AvgIpc) is 2.49. The molecule has 108 valence electrons. The molecule has 0 aliphatic carbocycles. The number of halogens is 2. The van der Waals surface area contributed by atoms with Gasteiger partial charge in [0.25, 0.3) is 0 Å². The number of benzene rings is 1. The molecule has 4 nitrogen and oxygen atoms in total. The predicted octanol–water partition coefficient (Wildman–Crippen LogP) is 4.46. The molecule has 0 spiro atoms. The van der Waals surface area contributed by atoms with Crippen LogP contribution in [-0.2, 0) is 0 Å². The molecule has 0 saturated heterocycles. The lowest BCUT2D eigenvalue weighted by Crippen LogP contribution is -2.13. The van der Waals surface area contributed by atoms with Gasteiger partial charge in [0.1, 0.15) is 5.82 Å². The summed E-state index contributed by atoms with van der Waals surface area (Å²) in [5, 5.41) is 13.0. The summed E-state index contributed by atoms with van der Waals surface area (Å²) in [4.78, 5) is 6.28. The average molecular weight is 321 g/mol. The number of pyridine rings is 1. The van der Waals surface area contributed by atoms with Gasteiger partial charge in [0.2, 0.25) is 0 Å². The Morgan fingerprint density at radius 2 is 2.05 bits per heavy atom. The van der Waals surface area contributed by atoms with Crippen molar-refractivity contribution in [3.8, 4) is 6.07 Å². The van der Waals surface area contributed by atoms with E-state index in [0.29, 0.717) is 33.8 Å². The van der Waals surface area contributed by atoms with Crippen LogP contribution < -0.4 is 10.2 Å². The summed E-state index contributed by atoms with van der Waals surface area (Å²) in [7, 11) is 1.84. The second kappa shape index (κ2) is 6.66. The van der Waals surface area contributed by atoms with E-state index >= 15 is 0 Å². The van der Waals surface area contributed by atoms with Crippen LogP contribution in [0.3, 0.4) is 0 Å². The standard InChI is InChI=1S/C15H14Cl2N4/c1-3-19-14-12(16)8-13(17)15(20-14)21(2)11-6-4-5-10(7-11)9-18/h4-8H,3H2,1-2H3,(H,19,20). The van der Waals surface area contributed by atoms with Crippen molar-refractivity contribution < 1.29 is 0 Å². The highest BCUT2D eigenvalue weighted by atomic mass is 35.5. The Morgan fingerprint density at radius 1 is 1.29 bits per heavy atom. The minimum Gasteiger partial charge on any atom is -0.369 e. The lowest BCUT2D eigenvalue weighted by molar-refractivity contribution is 1.10. The van der Waals surface area contributed by atoms with Crippen molar-refractivity contribution in [3.05, 3.63) is 45.9 Å². The number of nitrogens with zero attached hydrogens (tertiary/aromatic N) is 3. The maximum atomic E-state index is 8.98. The van der Waals surface area contributed by atoms with Crippen molar-refractivity contribution >= 4 is 40.5 Å². The summed E-state index contributed by atoms with van der Waals surface area (Å²) in [5.74, 6) is 1.16. The first-order valence-electron chi connectivity index (χ1n) is 6.40. The molecule has 0 radical (unpaired) electrons. The monoisotopic (exact) mass is 320 g/mol. The summed E-state index contributed by atoms with van der Waals surface area (Å²) in [5.41, 5.74) is 1.41. The zero-order valence-corrected chi connectivity index (χ0v) is 13.2. The molecule has 1 aromatic heterocycles. The van der Waals surface area contributed by atoms with Crippen LogP contribution in [0.1, 0.15) is 12.5 Å². The lowest BCUT2D eigenvalue weighted by atomic mass is 10.2. The third kappa shape index (κ3) is 3.38. The van der Waals surface area contributed by atoms with Crippen LogP contribution in [0.15, 0.2) is 30.3 Å². The largest absolute Gasteiger partial charge is 0.369 e. The summed E-state index contributed by atoms with van der Waals surface area (Å²) in [6, 6.07) is 11.0. The fourth-order valence-electron chi connectivity index (χ4n) is 1.89. The van der Waals surface area contributed by atoms with Crippen molar-refractivity contribution in [2.24, 2.45) is 0 Å². The smallest absolute Gasteiger partial charge is 0.154 e. The topological polar surface area (TPSA) is 52.0 Å². The van der Waals surface area contributed by atoms with E-state index in [4.69, 9.17) is 28.5 Å². The van der Waals surface area contributed by atoms with E-state index in [0.717, 1.165) is 5.69 Å². The minimum atomic E-state index is 0.450. The summed E-state index contributed by atoms with van der Waals surface area (Å²) >= 11 is 12.3. The molecule has 0 atom stereocenters. The normalized spacial score (nSPS) is 10.0. The van der Waals surface area contributed by atoms with Gasteiger partial charge in [-0.3, -0.25) is 0 Å². The van der Waals surface area contributed by atoms with Crippen LogP contribution in [0.4, 0.5) is 17.3 Å². The fraction of sp³-hybridized carbons (Fsp3) is 0.200. The lowest BCUT2D eigenvalue weighted by Gasteiger charge is -2.21. The Kier molecular flexibility index (Phi) is 4.89. The minimum absolute atomic E-state index is 0.450. The van der Waals surface area contributed by atoms with Gasteiger partial charge in [-0.05, 0) is 31.2 Å². The van der Waals surface area contributed by atoms with E-state index in [-0.39, 0.29) is 0 Å². The first-order chi connectivity index (χ1) is 10.1. The van der Waals surface area contributed by atoms with E-state index in [1.54, 1.807) is 18.2 Å². The van der Waals surface area contributed by atoms with Gasteiger partial charge in [-0.1, -0.05) is 29.3 Å². The maximum absolute atomic E-state index is 8.98. The molecule has 21 heavy (non-hydrogen) atoms. The second-order valence-corrected chi connectivity index (χ2v) is 5.19. The molecule has 0 amide bonds. The predicted molar refractivity (Wildman–Crippen MR) is 87.6 cm³/mol. The Bertz CT molecular complexity index is 695. The van der Waals surface area contributed by atoms with Gasteiger partial charge in [0.15, 0.2) is 5.82 Å². The zero-order valence-electron chi connectivity index (χ0n) is 11.7. The number of hydrogen-bond acceptors (Lipinski definition) is 4. The van der Waals surface area contributed by atoms with Gasteiger partial charge >= 0.3 is 0 Å². The fourth-order valence-corrected chi connectivity index (χ4v) is 2.44. The molecule has 1 heterocycles. The van der Waals surface area contributed by atoms with Gasteiger partial charge in [0.05, 0.1) is 21.7 Å². The van der Waals surface area contributed by atoms with Crippen molar-refractivity contribution in [1.82, 2.24) is 4.98 Å². The van der Waals surface area contributed by atoms with Crippen LogP contribution in [0.25, 0.3) is 0 Å². The van der Waals surface area contributed by atoms with E-state index in [1.807, 2.05) is 31.0 Å². The van der Waals surface area contributed by atoms with E-state index in [9.17, 15) is 0 Å². The molecule has 0 aliphatic rings. The summed E-state index contributed by atoms with van der Waals surface area (Å²) in [6.07, 6.45) is 0.